The van der Waals surface area contributed by atoms with Crippen molar-refractivity contribution in [1.29, 1.82) is 15.8 Å². The molecule has 0 aromatic rings. The van der Waals surface area contributed by atoms with Gasteiger partial charge in [0.25, 0.3) is 6.67 Å². The molecular formula is C19H30N10O. The van der Waals surface area contributed by atoms with E-state index in [1.54, 1.807) is 14.7 Å². The Bertz CT molecular complexity index is 669. The molecule has 1 aliphatic rings. The molecule has 11 heteroatoms. The molecule has 1 fully saturated rings. The van der Waals surface area contributed by atoms with Gasteiger partial charge >= 0.3 is 6.03 Å². The van der Waals surface area contributed by atoms with Gasteiger partial charge < -0.3 is 15.5 Å². The number of hydrogen-bond acceptors (Lipinski definition) is 8. The molecule has 2 amide bonds. The number of carbonyl (C=O) groups excluding carboxylic acids is 1. The van der Waals surface area contributed by atoms with E-state index in [1.807, 2.05) is 21.9 Å². The summed E-state index contributed by atoms with van der Waals surface area (Å²) >= 11 is 0. The summed E-state index contributed by atoms with van der Waals surface area (Å²) in [5.74, 6) is 0. The van der Waals surface area contributed by atoms with Gasteiger partial charge in [-0.3, -0.25) is 14.6 Å². The van der Waals surface area contributed by atoms with Crippen molar-refractivity contribution in [1.82, 2.24) is 24.5 Å². The summed E-state index contributed by atoms with van der Waals surface area (Å²) in [4.78, 5) is 25.2. The van der Waals surface area contributed by atoms with Crippen molar-refractivity contribution in [2.45, 2.75) is 0 Å². The lowest BCUT2D eigenvalue weighted by atomic mass is 10.4. The molecule has 0 aromatic heterocycles. The molecule has 0 radical (unpaired) electrons. The van der Waals surface area contributed by atoms with Crippen LogP contribution in [0.5, 0.6) is 0 Å². The molecule has 0 aliphatic carbocycles. The van der Waals surface area contributed by atoms with Gasteiger partial charge in [-0.05, 0) is 0 Å². The fourth-order valence-corrected chi connectivity index (χ4v) is 3.17. The third kappa shape index (κ3) is 9.05. The summed E-state index contributed by atoms with van der Waals surface area (Å²) in [6, 6.07) is 6.18. The van der Waals surface area contributed by atoms with Crippen molar-refractivity contribution >= 4 is 6.03 Å². The summed E-state index contributed by atoms with van der Waals surface area (Å²) < 4.78 is 0. The summed E-state index contributed by atoms with van der Waals surface area (Å²) in [6.07, 6.45) is 0. The predicted molar refractivity (Wildman–Crippen MR) is 110 cm³/mol. The van der Waals surface area contributed by atoms with E-state index in [9.17, 15) is 4.79 Å². The maximum atomic E-state index is 12.6. The van der Waals surface area contributed by atoms with Crippen LogP contribution in [0.2, 0.25) is 0 Å². The third-order valence-electron chi connectivity index (χ3n) is 4.88. The first-order chi connectivity index (χ1) is 14.6. The number of nitrogens with two attached hydrogens (primary N) is 1. The average molecular weight is 415 g/mol. The first-order valence-corrected chi connectivity index (χ1v) is 9.94. The van der Waals surface area contributed by atoms with Crippen molar-refractivity contribution in [2.24, 2.45) is 5.73 Å². The summed E-state index contributed by atoms with van der Waals surface area (Å²) in [5.41, 5.74) is 5.57. The van der Waals surface area contributed by atoms with E-state index >= 15 is 0 Å². The van der Waals surface area contributed by atoms with Crippen molar-refractivity contribution in [3.05, 3.63) is 11.4 Å². The van der Waals surface area contributed by atoms with Crippen LogP contribution in [0.4, 0.5) is 4.79 Å². The van der Waals surface area contributed by atoms with Crippen LogP contribution in [0.1, 0.15) is 0 Å². The molecule has 1 aliphatic heterocycles. The lowest BCUT2D eigenvalue weighted by Gasteiger charge is -2.26. The van der Waals surface area contributed by atoms with Crippen LogP contribution in [0.3, 0.4) is 0 Å². The van der Waals surface area contributed by atoms with Crippen LogP contribution in [-0.2, 0) is 0 Å². The average Bonchev–Trinajstić information content (AvgIpc) is 3.08. The quantitative estimate of drug-likeness (QED) is 0.267. The first kappa shape index (κ1) is 25.1. The molecule has 2 N–H and O–H groups in total. The van der Waals surface area contributed by atoms with Crippen LogP contribution in [0, 0.1) is 40.6 Å². The molecule has 30 heavy (non-hydrogen) atoms. The molecule has 162 valence electrons. The standard InChI is InChI=1S/C19H30N10O/c1-24-18-27(9-5-23)13-15-29-17-16-28(19(29)30)14-12-26(8-4-22)11-10-25(6-2-20)7-3-21/h5-18,23H2. The van der Waals surface area contributed by atoms with Crippen molar-refractivity contribution < 1.29 is 4.79 Å². The fraction of sp³-hybridized carbons (Fsp3) is 0.737. The molecule has 1 heterocycles. The fourth-order valence-electron chi connectivity index (χ4n) is 3.17. The Morgan fingerprint density at radius 3 is 1.87 bits per heavy atom. The number of rotatable bonds is 15. The van der Waals surface area contributed by atoms with Crippen LogP contribution < -0.4 is 5.73 Å². The molecule has 0 atom stereocenters. The Morgan fingerprint density at radius 2 is 1.37 bits per heavy atom. The highest BCUT2D eigenvalue weighted by Gasteiger charge is 2.28. The molecule has 1 rings (SSSR count). The van der Waals surface area contributed by atoms with E-state index in [4.69, 9.17) is 28.1 Å². The minimum absolute atomic E-state index is 0.0296. The van der Waals surface area contributed by atoms with Gasteiger partial charge in [0.2, 0.25) is 0 Å². The second-order valence-electron chi connectivity index (χ2n) is 6.92. The molecule has 0 saturated carbocycles. The van der Waals surface area contributed by atoms with Crippen molar-refractivity contribution in [2.75, 3.05) is 91.8 Å². The molecular weight excluding hydrogens is 384 g/mol. The number of hydrogen-bond donors (Lipinski definition) is 1. The van der Waals surface area contributed by atoms with Crippen molar-refractivity contribution in [3.8, 4) is 18.2 Å². The third-order valence-corrected chi connectivity index (χ3v) is 4.88. The van der Waals surface area contributed by atoms with Gasteiger partial charge in [-0.1, -0.05) is 0 Å². The number of carbonyl (C=O) groups is 1. The molecule has 1 saturated heterocycles. The lowest BCUT2D eigenvalue weighted by molar-refractivity contribution is 0.176. The topological polar surface area (TPSA) is 135 Å². The second-order valence-corrected chi connectivity index (χ2v) is 6.92. The zero-order valence-corrected chi connectivity index (χ0v) is 17.4. The van der Waals surface area contributed by atoms with Crippen molar-refractivity contribution in [3.63, 3.8) is 0 Å². The minimum Gasteiger partial charge on any atom is -0.329 e. The maximum absolute atomic E-state index is 12.6. The van der Waals surface area contributed by atoms with Crippen LogP contribution in [0.25, 0.3) is 4.85 Å². The summed E-state index contributed by atoms with van der Waals surface area (Å²) in [5, 5.41) is 26.7. The highest BCUT2D eigenvalue weighted by molar-refractivity contribution is 5.76. The normalized spacial score (nSPS) is 13.5. The second kappa shape index (κ2) is 15.0. The van der Waals surface area contributed by atoms with Gasteiger partial charge in [-0.2, -0.15) is 15.8 Å². The van der Waals surface area contributed by atoms with E-state index < -0.39 is 0 Å². The Labute approximate surface area is 178 Å². The number of amides is 2. The molecule has 0 aromatic carbocycles. The van der Waals surface area contributed by atoms with Crippen LogP contribution in [0.15, 0.2) is 0 Å². The molecule has 0 unspecified atom stereocenters. The largest absolute Gasteiger partial charge is 0.329 e. The summed E-state index contributed by atoms with van der Waals surface area (Å²) in [7, 11) is 0. The molecule has 0 spiro atoms. The van der Waals surface area contributed by atoms with E-state index in [2.05, 4.69) is 10.9 Å². The smallest absolute Gasteiger partial charge is 0.320 e. The maximum Gasteiger partial charge on any atom is 0.320 e. The monoisotopic (exact) mass is 414 g/mol. The molecule has 11 nitrogen and oxygen atoms in total. The lowest BCUT2D eigenvalue weighted by Crippen LogP contribution is -2.42. The zero-order valence-electron chi connectivity index (χ0n) is 17.4. The van der Waals surface area contributed by atoms with Gasteiger partial charge in [-0.25, -0.2) is 16.3 Å². The van der Waals surface area contributed by atoms with Gasteiger partial charge in [0.15, 0.2) is 0 Å². The van der Waals surface area contributed by atoms with E-state index in [-0.39, 0.29) is 32.3 Å². The van der Waals surface area contributed by atoms with E-state index in [0.717, 1.165) is 0 Å². The predicted octanol–water partition coefficient (Wildman–Crippen LogP) is -0.964. The highest BCUT2D eigenvalue weighted by atomic mass is 16.2. The van der Waals surface area contributed by atoms with E-state index in [0.29, 0.717) is 65.4 Å². The SMILES string of the molecule is [C-]#[N+]CN(CCN)CCN1CCN(CCN(CC#N)CCN(CC#N)CC#N)C1=O. The van der Waals surface area contributed by atoms with Gasteiger partial charge in [0.05, 0.1) is 37.8 Å². The number of nitrogens with zero attached hydrogens (tertiary/aromatic N) is 9. The highest BCUT2D eigenvalue weighted by Crippen LogP contribution is 2.09. The Morgan fingerprint density at radius 1 is 0.867 bits per heavy atom. The minimum atomic E-state index is -0.0296. The first-order valence-electron chi connectivity index (χ1n) is 9.94. The number of urea groups is 1. The zero-order chi connectivity index (χ0) is 22.2. The Hall–Kier alpha value is -2.93. The Kier molecular flexibility index (Phi) is 12.5. The van der Waals surface area contributed by atoms with Gasteiger partial charge in [0, 0.05) is 65.4 Å². The van der Waals surface area contributed by atoms with Gasteiger partial charge in [-0.15, -0.1) is 0 Å². The summed E-state index contributed by atoms with van der Waals surface area (Å²) in [6.45, 7) is 13.5. The van der Waals surface area contributed by atoms with E-state index in [1.165, 1.54) is 0 Å². The van der Waals surface area contributed by atoms with Gasteiger partial charge in [0.1, 0.15) is 0 Å². The molecule has 0 bridgehead atoms. The Balaban J connectivity index is 2.46. The van der Waals surface area contributed by atoms with Crippen LogP contribution >= 0.6 is 0 Å². The number of nitriles is 3. The van der Waals surface area contributed by atoms with Crippen LogP contribution in [-0.4, -0.2) is 122 Å².